The lowest BCUT2D eigenvalue weighted by Crippen LogP contribution is -2.33. The number of aryl methyl sites for hydroxylation is 1. The molecule has 4 rings (SSSR count). The van der Waals surface area contributed by atoms with Crippen LogP contribution in [0.5, 0.6) is 0 Å². The third-order valence-corrected chi connectivity index (χ3v) is 5.12. The number of aromatic nitrogens is 2. The molecule has 0 bridgehead atoms. The van der Waals surface area contributed by atoms with E-state index in [0.29, 0.717) is 5.25 Å². The number of para-hydroxylation sites is 2. The van der Waals surface area contributed by atoms with Crippen LogP contribution in [0.3, 0.4) is 0 Å². The molecule has 3 aromatic rings. The van der Waals surface area contributed by atoms with Crippen molar-refractivity contribution in [3.8, 4) is 0 Å². The van der Waals surface area contributed by atoms with Crippen LogP contribution in [0.4, 0.5) is 0 Å². The van der Waals surface area contributed by atoms with Gasteiger partial charge in [0.1, 0.15) is 5.71 Å². The molecular weight excluding hydrogens is 278 g/mol. The minimum absolute atomic E-state index is 0.343. The van der Waals surface area contributed by atoms with Crippen molar-refractivity contribution < 1.29 is 4.57 Å². The standard InChI is InChI=1S/C17H16N3S/c1-12-16(13-8-4-3-5-9-13)18-20-15-11-7-6-10-14(15)19(2)17(20)21-12/h3-12H,1-2H3/q+1/t12-/m1/s1. The summed E-state index contributed by atoms with van der Waals surface area (Å²) in [6.07, 6.45) is 0. The molecule has 0 aliphatic carbocycles. The summed E-state index contributed by atoms with van der Waals surface area (Å²) in [6, 6.07) is 18.8. The first-order chi connectivity index (χ1) is 10.3. The predicted molar refractivity (Wildman–Crippen MR) is 86.8 cm³/mol. The average Bonchev–Trinajstić information content (AvgIpc) is 2.80. The van der Waals surface area contributed by atoms with E-state index in [2.05, 4.69) is 71.7 Å². The van der Waals surface area contributed by atoms with Crippen molar-refractivity contribution in [1.29, 1.82) is 0 Å². The number of benzene rings is 2. The summed E-state index contributed by atoms with van der Waals surface area (Å²) in [5.41, 5.74) is 4.70. The predicted octanol–water partition coefficient (Wildman–Crippen LogP) is 3.21. The molecule has 0 fully saturated rings. The molecule has 0 saturated carbocycles. The first-order valence-corrected chi connectivity index (χ1v) is 7.94. The van der Waals surface area contributed by atoms with E-state index in [1.165, 1.54) is 16.2 Å². The normalized spacial score (nSPS) is 17.6. The Morgan fingerprint density at radius 1 is 1.05 bits per heavy atom. The van der Waals surface area contributed by atoms with Gasteiger partial charge in [0.15, 0.2) is 5.52 Å². The van der Waals surface area contributed by atoms with Crippen molar-refractivity contribution in [3.05, 3.63) is 60.2 Å². The number of imidazole rings is 1. The monoisotopic (exact) mass is 294 g/mol. The quantitative estimate of drug-likeness (QED) is 0.631. The van der Waals surface area contributed by atoms with Crippen LogP contribution < -0.4 is 4.57 Å². The van der Waals surface area contributed by atoms with Gasteiger partial charge < -0.3 is 0 Å². The Kier molecular flexibility index (Phi) is 2.86. The van der Waals surface area contributed by atoms with E-state index in [1.54, 1.807) is 0 Å². The van der Waals surface area contributed by atoms with Gasteiger partial charge in [-0.2, -0.15) is 0 Å². The highest BCUT2D eigenvalue weighted by Crippen LogP contribution is 2.31. The summed E-state index contributed by atoms with van der Waals surface area (Å²) in [5.74, 6) is 0. The number of rotatable bonds is 1. The first-order valence-electron chi connectivity index (χ1n) is 7.06. The van der Waals surface area contributed by atoms with Gasteiger partial charge >= 0.3 is 5.16 Å². The van der Waals surface area contributed by atoms with Gasteiger partial charge in [-0.1, -0.05) is 52.2 Å². The van der Waals surface area contributed by atoms with Gasteiger partial charge in [-0.25, -0.2) is 4.57 Å². The van der Waals surface area contributed by atoms with E-state index in [9.17, 15) is 0 Å². The van der Waals surface area contributed by atoms with Crippen LogP contribution in [0.2, 0.25) is 0 Å². The summed E-state index contributed by atoms with van der Waals surface area (Å²) in [7, 11) is 2.11. The maximum Gasteiger partial charge on any atom is 0.345 e. The Balaban J connectivity index is 1.98. The molecule has 4 heteroatoms. The molecular formula is C17H16N3S+. The highest BCUT2D eigenvalue weighted by atomic mass is 32.2. The molecule has 1 aliphatic heterocycles. The Labute approximate surface area is 127 Å². The fourth-order valence-electron chi connectivity index (χ4n) is 2.81. The Bertz CT molecular complexity index is 849. The molecule has 0 spiro atoms. The van der Waals surface area contributed by atoms with Gasteiger partial charge in [-0.3, -0.25) is 0 Å². The molecule has 0 radical (unpaired) electrons. The van der Waals surface area contributed by atoms with Gasteiger partial charge in [-0.05, 0) is 30.8 Å². The van der Waals surface area contributed by atoms with Crippen LogP contribution in [0.15, 0.2) is 64.9 Å². The zero-order valence-corrected chi connectivity index (χ0v) is 12.8. The zero-order valence-electron chi connectivity index (χ0n) is 12.0. The van der Waals surface area contributed by atoms with E-state index < -0.39 is 0 Å². The van der Waals surface area contributed by atoms with Crippen LogP contribution in [0.25, 0.3) is 11.0 Å². The second-order valence-electron chi connectivity index (χ2n) is 5.25. The first kappa shape index (κ1) is 12.7. The molecule has 104 valence electrons. The van der Waals surface area contributed by atoms with E-state index >= 15 is 0 Å². The molecule has 1 aliphatic rings. The molecule has 0 amide bonds. The smallest absolute Gasteiger partial charge is 0.218 e. The molecule has 0 N–H and O–H groups in total. The van der Waals surface area contributed by atoms with Crippen LogP contribution in [-0.2, 0) is 7.05 Å². The van der Waals surface area contributed by atoms with Crippen LogP contribution in [0, 0.1) is 0 Å². The molecule has 1 aromatic heterocycles. The minimum Gasteiger partial charge on any atom is -0.218 e. The second kappa shape index (κ2) is 4.74. The van der Waals surface area contributed by atoms with Crippen molar-refractivity contribution in [2.75, 3.05) is 0 Å². The lowest BCUT2D eigenvalue weighted by Gasteiger charge is -2.15. The van der Waals surface area contributed by atoms with E-state index in [1.807, 2.05) is 17.8 Å². The van der Waals surface area contributed by atoms with Crippen LogP contribution >= 0.6 is 11.8 Å². The Morgan fingerprint density at radius 2 is 1.76 bits per heavy atom. The maximum atomic E-state index is 4.94. The number of hydrogen-bond acceptors (Lipinski definition) is 2. The average molecular weight is 294 g/mol. The largest absolute Gasteiger partial charge is 0.345 e. The molecule has 3 nitrogen and oxygen atoms in total. The molecule has 2 aromatic carbocycles. The third kappa shape index (κ3) is 1.90. The lowest BCUT2D eigenvalue weighted by atomic mass is 10.1. The van der Waals surface area contributed by atoms with Gasteiger partial charge in [0, 0.05) is 5.56 Å². The van der Waals surface area contributed by atoms with Gasteiger partial charge in [0.05, 0.1) is 12.3 Å². The van der Waals surface area contributed by atoms with Gasteiger partial charge in [0.2, 0.25) is 5.52 Å². The summed E-state index contributed by atoms with van der Waals surface area (Å²) in [5, 5.41) is 6.46. The highest BCUT2D eigenvalue weighted by molar-refractivity contribution is 8.00. The van der Waals surface area contributed by atoms with Crippen molar-refractivity contribution in [1.82, 2.24) is 4.68 Å². The molecule has 0 saturated heterocycles. The molecule has 2 heterocycles. The van der Waals surface area contributed by atoms with Crippen LogP contribution in [0.1, 0.15) is 12.5 Å². The van der Waals surface area contributed by atoms with Crippen LogP contribution in [-0.4, -0.2) is 15.6 Å². The second-order valence-corrected chi connectivity index (χ2v) is 6.56. The van der Waals surface area contributed by atoms with E-state index in [0.717, 1.165) is 11.2 Å². The number of nitrogens with zero attached hydrogens (tertiary/aromatic N) is 3. The summed E-state index contributed by atoms with van der Waals surface area (Å²) < 4.78 is 4.30. The SMILES string of the molecule is C[C@H]1Sc2n(c3ccccc3[n+]2C)N=C1c1ccccc1. The number of fused-ring (bicyclic) bond motifs is 3. The van der Waals surface area contributed by atoms with Crippen molar-refractivity contribution >= 4 is 28.5 Å². The molecule has 21 heavy (non-hydrogen) atoms. The van der Waals surface area contributed by atoms with E-state index in [4.69, 9.17) is 5.10 Å². The van der Waals surface area contributed by atoms with Crippen molar-refractivity contribution in [2.24, 2.45) is 12.1 Å². The van der Waals surface area contributed by atoms with Gasteiger partial charge in [0.25, 0.3) is 0 Å². The molecule has 1 atom stereocenters. The maximum absolute atomic E-state index is 4.94. The third-order valence-electron chi connectivity index (χ3n) is 3.88. The highest BCUT2D eigenvalue weighted by Gasteiger charge is 2.32. The Morgan fingerprint density at radius 3 is 2.57 bits per heavy atom. The summed E-state index contributed by atoms with van der Waals surface area (Å²) >= 11 is 1.86. The Hall–Kier alpha value is -2.07. The van der Waals surface area contributed by atoms with Gasteiger partial charge in [-0.15, -0.1) is 0 Å². The fraction of sp³-hybridized carbons (Fsp3) is 0.176. The topological polar surface area (TPSA) is 21.2 Å². The fourth-order valence-corrected chi connectivity index (χ4v) is 3.91. The lowest BCUT2D eigenvalue weighted by molar-refractivity contribution is -0.685. The number of hydrogen-bond donors (Lipinski definition) is 0. The summed E-state index contributed by atoms with van der Waals surface area (Å²) in [6.45, 7) is 2.22. The van der Waals surface area contributed by atoms with Crippen molar-refractivity contribution in [2.45, 2.75) is 17.3 Å². The zero-order chi connectivity index (χ0) is 14.4. The van der Waals surface area contributed by atoms with Crippen molar-refractivity contribution in [3.63, 3.8) is 0 Å². The van der Waals surface area contributed by atoms with E-state index in [-0.39, 0.29) is 0 Å². The summed E-state index contributed by atoms with van der Waals surface area (Å²) in [4.78, 5) is 0. The molecule has 0 unspecified atom stereocenters. The number of thioether (sulfide) groups is 1. The minimum atomic E-state index is 0.343.